The van der Waals surface area contributed by atoms with Gasteiger partial charge in [0.15, 0.2) is 6.29 Å². The molecule has 0 bridgehead atoms. The van der Waals surface area contributed by atoms with Gasteiger partial charge in [0, 0.05) is 13.4 Å². The zero-order chi connectivity index (χ0) is 14.7. The first-order valence-electron chi connectivity index (χ1n) is 5.29. The minimum atomic E-state index is -0.281. The summed E-state index contributed by atoms with van der Waals surface area (Å²) in [7, 11) is 0. The van der Waals surface area contributed by atoms with Crippen molar-refractivity contribution in [2.75, 3.05) is 5.32 Å². The Hall–Kier alpha value is -1.06. The number of rotatable bonds is 4. The first kappa shape index (κ1) is 15.3. The first-order valence-corrected chi connectivity index (χ1v) is 7.67. The Balaban J connectivity index is 2.10. The SMILES string of the molecule is O=Cc1cn(CC(=O)Nc2c(Br)cc(Br)cc2Br)nn1. The van der Waals surface area contributed by atoms with Gasteiger partial charge in [-0.3, -0.25) is 9.59 Å². The summed E-state index contributed by atoms with van der Waals surface area (Å²) in [5, 5.41) is 10.0. The Bertz CT molecular complexity index is 648. The third-order valence-corrected chi connectivity index (χ3v) is 3.96. The van der Waals surface area contributed by atoms with E-state index < -0.39 is 0 Å². The van der Waals surface area contributed by atoms with Crippen LogP contribution in [0.15, 0.2) is 31.7 Å². The van der Waals surface area contributed by atoms with E-state index in [0.717, 1.165) is 13.4 Å². The summed E-state index contributed by atoms with van der Waals surface area (Å²) in [6.07, 6.45) is 1.97. The number of halogens is 3. The Labute approximate surface area is 139 Å². The summed E-state index contributed by atoms with van der Waals surface area (Å²) in [5.41, 5.74) is 0.803. The van der Waals surface area contributed by atoms with E-state index in [1.807, 2.05) is 12.1 Å². The Morgan fingerprint density at radius 3 is 2.50 bits per heavy atom. The number of carbonyl (C=O) groups excluding carboxylic acids is 2. The van der Waals surface area contributed by atoms with Crippen LogP contribution in [-0.2, 0) is 11.3 Å². The number of carbonyl (C=O) groups is 2. The van der Waals surface area contributed by atoms with Crippen LogP contribution in [0.5, 0.6) is 0 Å². The number of amides is 1. The van der Waals surface area contributed by atoms with Crippen LogP contribution in [0, 0.1) is 0 Å². The largest absolute Gasteiger partial charge is 0.323 e. The van der Waals surface area contributed by atoms with Gasteiger partial charge in [0.25, 0.3) is 0 Å². The molecule has 1 heterocycles. The molecule has 0 spiro atoms. The van der Waals surface area contributed by atoms with E-state index in [-0.39, 0.29) is 18.1 Å². The molecule has 0 aliphatic rings. The Kier molecular flexibility index (Phi) is 5.06. The lowest BCUT2D eigenvalue weighted by Crippen LogP contribution is -2.19. The lowest BCUT2D eigenvalue weighted by molar-refractivity contribution is -0.116. The van der Waals surface area contributed by atoms with E-state index in [9.17, 15) is 9.59 Å². The summed E-state index contributed by atoms with van der Waals surface area (Å²) in [6.45, 7) is -0.0320. The maximum absolute atomic E-state index is 11.9. The van der Waals surface area contributed by atoms with Gasteiger partial charge in [-0.15, -0.1) is 5.10 Å². The van der Waals surface area contributed by atoms with Crippen LogP contribution in [-0.4, -0.2) is 27.2 Å². The molecule has 6 nitrogen and oxygen atoms in total. The third kappa shape index (κ3) is 3.74. The molecule has 0 saturated heterocycles. The van der Waals surface area contributed by atoms with Gasteiger partial charge in [0.1, 0.15) is 12.2 Å². The molecular weight excluding hydrogens is 460 g/mol. The molecule has 2 aromatic rings. The predicted molar refractivity (Wildman–Crippen MR) is 83.6 cm³/mol. The average Bonchev–Trinajstić information content (AvgIpc) is 2.81. The third-order valence-electron chi connectivity index (χ3n) is 2.25. The number of benzene rings is 1. The zero-order valence-electron chi connectivity index (χ0n) is 9.81. The molecule has 104 valence electrons. The Morgan fingerprint density at radius 2 is 1.95 bits per heavy atom. The minimum Gasteiger partial charge on any atom is -0.323 e. The first-order chi connectivity index (χ1) is 9.49. The number of hydrogen-bond donors (Lipinski definition) is 1. The molecule has 0 fully saturated rings. The number of nitrogens with one attached hydrogen (secondary N) is 1. The molecule has 0 unspecified atom stereocenters. The molecule has 1 aromatic carbocycles. The van der Waals surface area contributed by atoms with E-state index >= 15 is 0 Å². The summed E-state index contributed by atoms with van der Waals surface area (Å²) in [4.78, 5) is 22.4. The number of anilines is 1. The van der Waals surface area contributed by atoms with E-state index in [2.05, 4.69) is 63.4 Å². The van der Waals surface area contributed by atoms with Gasteiger partial charge in [0.2, 0.25) is 5.91 Å². The van der Waals surface area contributed by atoms with Crippen LogP contribution >= 0.6 is 47.8 Å². The van der Waals surface area contributed by atoms with Gasteiger partial charge < -0.3 is 5.32 Å². The van der Waals surface area contributed by atoms with Crippen molar-refractivity contribution < 1.29 is 9.59 Å². The van der Waals surface area contributed by atoms with Gasteiger partial charge in [0.05, 0.1) is 11.9 Å². The van der Waals surface area contributed by atoms with E-state index in [0.29, 0.717) is 12.0 Å². The number of nitrogens with zero attached hydrogens (tertiary/aromatic N) is 3. The van der Waals surface area contributed by atoms with Crippen molar-refractivity contribution in [1.82, 2.24) is 15.0 Å². The lowest BCUT2D eigenvalue weighted by atomic mass is 10.3. The fourth-order valence-corrected chi connectivity index (χ4v) is 3.89. The molecule has 0 aliphatic carbocycles. The summed E-state index contributed by atoms with van der Waals surface area (Å²) < 4.78 is 3.64. The molecule has 1 amide bonds. The highest BCUT2D eigenvalue weighted by Crippen LogP contribution is 2.34. The van der Waals surface area contributed by atoms with Crippen LogP contribution in [0.25, 0.3) is 0 Å². The highest BCUT2D eigenvalue weighted by molar-refractivity contribution is 9.11. The Morgan fingerprint density at radius 1 is 1.30 bits per heavy atom. The monoisotopic (exact) mass is 464 g/mol. The second kappa shape index (κ2) is 6.59. The van der Waals surface area contributed by atoms with Crippen molar-refractivity contribution in [2.45, 2.75) is 6.54 Å². The molecule has 9 heteroatoms. The van der Waals surface area contributed by atoms with Crippen molar-refractivity contribution in [3.63, 3.8) is 0 Å². The van der Waals surface area contributed by atoms with Crippen molar-refractivity contribution in [3.8, 4) is 0 Å². The summed E-state index contributed by atoms with van der Waals surface area (Å²) >= 11 is 10.1. The van der Waals surface area contributed by atoms with E-state index in [1.165, 1.54) is 10.9 Å². The molecule has 20 heavy (non-hydrogen) atoms. The fraction of sp³-hybridized carbons (Fsp3) is 0.0909. The van der Waals surface area contributed by atoms with Gasteiger partial charge >= 0.3 is 0 Å². The van der Waals surface area contributed by atoms with Gasteiger partial charge in [-0.05, 0) is 44.0 Å². The van der Waals surface area contributed by atoms with Gasteiger partial charge in [-0.1, -0.05) is 21.1 Å². The van der Waals surface area contributed by atoms with Gasteiger partial charge in [-0.2, -0.15) is 0 Å². The van der Waals surface area contributed by atoms with Crippen LogP contribution < -0.4 is 5.32 Å². The average molecular weight is 467 g/mol. The molecule has 2 rings (SSSR count). The predicted octanol–water partition coefficient (Wildman–Crippen LogP) is 3.02. The quantitative estimate of drug-likeness (QED) is 0.703. The van der Waals surface area contributed by atoms with E-state index in [4.69, 9.17) is 0 Å². The minimum absolute atomic E-state index is 0.0320. The molecule has 0 atom stereocenters. The van der Waals surface area contributed by atoms with Crippen LogP contribution in [0.3, 0.4) is 0 Å². The number of hydrogen-bond acceptors (Lipinski definition) is 4. The molecule has 1 aromatic heterocycles. The zero-order valence-corrected chi connectivity index (χ0v) is 14.6. The topological polar surface area (TPSA) is 76.9 Å². The van der Waals surface area contributed by atoms with Crippen molar-refractivity contribution in [2.24, 2.45) is 0 Å². The maximum Gasteiger partial charge on any atom is 0.246 e. The van der Waals surface area contributed by atoms with Gasteiger partial charge in [-0.25, -0.2) is 4.68 Å². The van der Waals surface area contributed by atoms with Crippen LogP contribution in [0.1, 0.15) is 10.5 Å². The highest BCUT2D eigenvalue weighted by atomic mass is 79.9. The van der Waals surface area contributed by atoms with E-state index in [1.54, 1.807) is 0 Å². The van der Waals surface area contributed by atoms with Crippen LogP contribution in [0.4, 0.5) is 5.69 Å². The maximum atomic E-state index is 11.9. The molecule has 0 saturated carbocycles. The number of aldehydes is 1. The highest BCUT2D eigenvalue weighted by Gasteiger charge is 2.11. The standard InChI is InChI=1S/C11H7Br3N4O2/c12-6-1-8(13)11(9(14)2-6)15-10(20)4-18-3-7(5-19)16-17-18/h1-3,5H,4H2,(H,15,20). The molecule has 1 N–H and O–H groups in total. The molecule has 0 radical (unpaired) electrons. The fourth-order valence-electron chi connectivity index (χ4n) is 1.43. The second-order valence-corrected chi connectivity index (χ2v) is 6.38. The molecule has 0 aliphatic heterocycles. The summed E-state index contributed by atoms with van der Waals surface area (Å²) in [5.74, 6) is -0.281. The summed E-state index contributed by atoms with van der Waals surface area (Å²) in [6, 6.07) is 3.64. The molecular formula is C11H7Br3N4O2. The number of aromatic nitrogens is 3. The normalized spacial score (nSPS) is 10.3. The second-order valence-electron chi connectivity index (χ2n) is 3.75. The smallest absolute Gasteiger partial charge is 0.246 e. The van der Waals surface area contributed by atoms with Crippen LogP contribution in [0.2, 0.25) is 0 Å². The van der Waals surface area contributed by atoms with Crippen molar-refractivity contribution in [1.29, 1.82) is 0 Å². The van der Waals surface area contributed by atoms with Crippen molar-refractivity contribution >= 4 is 65.7 Å². The van der Waals surface area contributed by atoms with Crippen molar-refractivity contribution in [3.05, 3.63) is 37.4 Å². The lowest BCUT2D eigenvalue weighted by Gasteiger charge is -2.10.